The van der Waals surface area contributed by atoms with Gasteiger partial charge in [-0.2, -0.15) is 0 Å². The van der Waals surface area contributed by atoms with Gasteiger partial charge in [-0.1, -0.05) is 71.0 Å². The van der Waals surface area contributed by atoms with Crippen LogP contribution in [0.4, 0.5) is 4.79 Å². The Morgan fingerprint density at radius 3 is 2.05 bits per heavy atom. The average Bonchev–Trinajstić information content (AvgIpc) is 4.10. The van der Waals surface area contributed by atoms with E-state index in [1.54, 1.807) is 88.4 Å². The van der Waals surface area contributed by atoms with Crippen molar-refractivity contribution in [2.45, 2.75) is 147 Å². The third-order valence-electron chi connectivity index (χ3n) is 15.0. The number of hydrogen-bond acceptors (Lipinski definition) is 14. The number of carbonyl (C=O) groups excluding carboxylic acids is 6. The molecule has 63 heavy (non-hydrogen) atoms. The van der Waals surface area contributed by atoms with Crippen LogP contribution in [-0.2, 0) is 47.3 Å². The molecule has 5 aliphatic rings. The lowest BCUT2D eigenvalue weighted by molar-refractivity contribution is -0.344. The van der Waals surface area contributed by atoms with Crippen LogP contribution in [0.2, 0.25) is 18.1 Å². The monoisotopic (exact) mass is 888 g/mol. The Hall–Kier alpha value is -4.70. The number of esters is 3. The van der Waals surface area contributed by atoms with Gasteiger partial charge < -0.3 is 38.0 Å². The zero-order valence-electron chi connectivity index (χ0n) is 37.4. The Labute approximate surface area is 369 Å². The molecule has 15 heteroatoms. The fourth-order valence-electron chi connectivity index (χ4n) is 10.9. The molecule has 0 radical (unpaired) electrons. The van der Waals surface area contributed by atoms with Crippen molar-refractivity contribution in [3.05, 3.63) is 77.4 Å². The van der Waals surface area contributed by atoms with Crippen LogP contribution in [-0.4, -0.2) is 97.4 Å². The Kier molecular flexibility index (Phi) is 12.8. The second-order valence-electron chi connectivity index (χ2n) is 18.7. The van der Waals surface area contributed by atoms with Gasteiger partial charge in [-0.3, -0.25) is 19.2 Å². The molecule has 1 N–H and O–H groups in total. The minimum absolute atomic E-state index is 0.0798. The first-order chi connectivity index (χ1) is 29.8. The number of Topliss-reactive ketones (excluding diaryl/α,β-unsaturated/α-hetero) is 2. The number of hydrogen-bond donors (Lipinski definition) is 1. The van der Waals surface area contributed by atoms with Gasteiger partial charge in [0.25, 0.3) is 0 Å². The van der Waals surface area contributed by atoms with Crippen LogP contribution < -0.4 is 4.74 Å². The molecule has 4 fully saturated rings. The van der Waals surface area contributed by atoms with Gasteiger partial charge in [-0.15, -0.1) is 0 Å². The van der Waals surface area contributed by atoms with Gasteiger partial charge in [0.2, 0.25) is 0 Å². The van der Waals surface area contributed by atoms with Crippen molar-refractivity contribution in [3.63, 3.8) is 0 Å². The van der Waals surface area contributed by atoms with Gasteiger partial charge >= 0.3 is 24.1 Å². The van der Waals surface area contributed by atoms with E-state index < -0.39 is 109 Å². The third kappa shape index (κ3) is 8.08. The highest BCUT2D eigenvalue weighted by molar-refractivity contribution is 6.73. The Bertz CT molecular complexity index is 2140. The van der Waals surface area contributed by atoms with Crippen LogP contribution >= 0.6 is 0 Å². The zero-order valence-corrected chi connectivity index (χ0v) is 38.4. The molecule has 2 aromatic carbocycles. The highest BCUT2D eigenvalue weighted by Gasteiger charge is 2.79. The van der Waals surface area contributed by atoms with Crippen LogP contribution in [0.5, 0.6) is 5.75 Å². The predicted molar refractivity (Wildman–Crippen MR) is 229 cm³/mol. The quantitative estimate of drug-likeness (QED) is 0.0499. The number of fused-ring (bicyclic) bond motifs is 5. The van der Waals surface area contributed by atoms with Crippen molar-refractivity contribution >= 4 is 43.9 Å². The molecule has 1 heterocycles. The minimum Gasteiger partial charge on any atom is -0.457 e. The van der Waals surface area contributed by atoms with Gasteiger partial charge in [-0.25, -0.2) is 9.59 Å². The Morgan fingerprint density at radius 1 is 0.873 bits per heavy atom. The van der Waals surface area contributed by atoms with Crippen molar-refractivity contribution in [1.29, 1.82) is 0 Å². The Morgan fingerprint density at radius 2 is 1.49 bits per heavy atom. The number of ketones is 2. The molecule has 9 atom stereocenters. The maximum Gasteiger partial charge on any atom is 0.514 e. The fourth-order valence-corrected chi connectivity index (χ4v) is 13.8. The largest absolute Gasteiger partial charge is 0.514 e. The summed E-state index contributed by atoms with van der Waals surface area (Å²) in [7, 11) is -2.63. The predicted octanol–water partition coefficient (Wildman–Crippen LogP) is 7.25. The standard InChI is InChI=1S/C48H60O14Si/c1-9-63(10-2,11-3)62-35-25-36-47(27-56-36,61-29(5)49)40-42(60-43(53)31-18-14-12-15-19-31)48(55)26-34(58-37(51)24-33(50)30-22-23-30)28(4)38(45(48,6)7)39(41(52)46(35,40)8)59-44(54)57-32-20-16-13-17-21-32/h12-21,30,34-36,39-40,42,55H,9-11,22-27H2,1-8H3/t34-,35-,36+,39+,40-,42-,46+,47-,48+/m0/s1. The number of carbonyl (C=O) groups is 6. The molecule has 0 unspecified atom stereocenters. The summed E-state index contributed by atoms with van der Waals surface area (Å²) in [6, 6.07) is 18.4. The lowest BCUT2D eigenvalue weighted by Gasteiger charge is -2.68. The van der Waals surface area contributed by atoms with E-state index in [1.165, 1.54) is 6.92 Å². The summed E-state index contributed by atoms with van der Waals surface area (Å²) in [5.41, 5.74) is -6.89. The summed E-state index contributed by atoms with van der Waals surface area (Å²) in [5, 5.41) is 14.0. The molecule has 2 aromatic rings. The minimum atomic E-state index is -2.63. The molecule has 4 aliphatic carbocycles. The summed E-state index contributed by atoms with van der Waals surface area (Å²) in [4.78, 5) is 84.9. The topological polar surface area (TPSA) is 187 Å². The van der Waals surface area contributed by atoms with E-state index in [-0.39, 0.29) is 41.6 Å². The van der Waals surface area contributed by atoms with Crippen LogP contribution in [0.1, 0.15) is 97.9 Å². The molecular formula is C48H60O14Si. The van der Waals surface area contributed by atoms with Gasteiger partial charge in [0, 0.05) is 31.1 Å². The number of rotatable bonds is 14. The molecule has 7 rings (SSSR count). The Balaban J connectivity index is 1.50. The average molecular weight is 889 g/mol. The zero-order chi connectivity index (χ0) is 45.7. The van der Waals surface area contributed by atoms with E-state index in [4.69, 9.17) is 32.8 Å². The first kappa shape index (κ1) is 46.3. The van der Waals surface area contributed by atoms with Gasteiger partial charge in [0.1, 0.15) is 41.9 Å². The van der Waals surface area contributed by atoms with Crippen LogP contribution in [0, 0.1) is 22.7 Å². The smallest absolute Gasteiger partial charge is 0.457 e. The van der Waals surface area contributed by atoms with Crippen LogP contribution in [0.3, 0.4) is 0 Å². The number of ether oxygens (including phenoxy) is 6. The van der Waals surface area contributed by atoms with E-state index in [1.807, 2.05) is 20.8 Å². The van der Waals surface area contributed by atoms with Gasteiger partial charge in [0.05, 0.1) is 29.6 Å². The van der Waals surface area contributed by atoms with Crippen molar-refractivity contribution in [3.8, 4) is 5.75 Å². The first-order valence-corrected chi connectivity index (χ1v) is 24.7. The maximum atomic E-state index is 16.4. The second kappa shape index (κ2) is 17.4. The molecule has 0 aromatic heterocycles. The van der Waals surface area contributed by atoms with Crippen molar-refractivity contribution < 1.29 is 66.7 Å². The summed E-state index contributed by atoms with van der Waals surface area (Å²) < 4.78 is 44.5. The lowest BCUT2D eigenvalue weighted by atomic mass is 9.44. The summed E-state index contributed by atoms with van der Waals surface area (Å²) in [6.07, 6.45) is -7.36. The fraction of sp³-hybridized carbons (Fsp3) is 0.583. The molecular weight excluding hydrogens is 829 g/mol. The van der Waals surface area contributed by atoms with E-state index in [2.05, 4.69) is 0 Å². The van der Waals surface area contributed by atoms with Crippen molar-refractivity contribution in [1.82, 2.24) is 0 Å². The molecule has 1 saturated heterocycles. The van der Waals surface area contributed by atoms with Gasteiger partial charge in [0.15, 0.2) is 25.8 Å². The van der Waals surface area contributed by atoms with E-state index in [0.29, 0.717) is 36.5 Å². The highest BCUT2D eigenvalue weighted by Crippen LogP contribution is 2.65. The molecule has 2 bridgehead atoms. The summed E-state index contributed by atoms with van der Waals surface area (Å²) in [6.45, 7) is 13.7. The number of para-hydroxylation sites is 1. The molecule has 0 spiro atoms. The normalized spacial score (nSPS) is 32.0. The summed E-state index contributed by atoms with van der Waals surface area (Å²) in [5.74, 6) is -4.84. The third-order valence-corrected chi connectivity index (χ3v) is 19.6. The number of benzene rings is 2. The number of aliphatic hydroxyl groups is 1. The van der Waals surface area contributed by atoms with E-state index in [0.717, 1.165) is 0 Å². The van der Waals surface area contributed by atoms with E-state index >= 15 is 4.79 Å². The van der Waals surface area contributed by atoms with Gasteiger partial charge in [-0.05, 0) is 80.2 Å². The highest BCUT2D eigenvalue weighted by atomic mass is 28.4. The molecule has 340 valence electrons. The summed E-state index contributed by atoms with van der Waals surface area (Å²) >= 11 is 0. The SMILES string of the molecule is CC[Si](CC)(CC)O[C@H]1C[C@H]2OC[C@@]2(OC(C)=O)[C@H]2[C@H](OC(=O)c3ccccc3)[C@]3(O)C[C@H](OC(=O)CC(=O)C4CC4)C(C)=C([C@@H](OC(=O)Oc4ccccc4)C(=O)[C@]12C)C3(C)C. The maximum absolute atomic E-state index is 16.4. The first-order valence-electron chi connectivity index (χ1n) is 22.2. The molecule has 0 amide bonds. The molecule has 1 aliphatic heterocycles. The van der Waals surface area contributed by atoms with Crippen molar-refractivity contribution in [2.75, 3.05) is 6.61 Å². The van der Waals surface area contributed by atoms with Crippen LogP contribution in [0.15, 0.2) is 71.8 Å². The van der Waals surface area contributed by atoms with Crippen molar-refractivity contribution in [2.24, 2.45) is 22.7 Å². The van der Waals surface area contributed by atoms with Crippen LogP contribution in [0.25, 0.3) is 0 Å². The molecule has 3 saturated carbocycles. The second-order valence-corrected chi connectivity index (χ2v) is 23.4. The molecule has 14 nitrogen and oxygen atoms in total. The lowest BCUT2D eigenvalue weighted by Crippen LogP contribution is -2.82. The van der Waals surface area contributed by atoms with E-state index in [9.17, 15) is 29.1 Å².